The predicted molar refractivity (Wildman–Crippen MR) is 68.1 cm³/mol. The highest BCUT2D eigenvalue weighted by Crippen LogP contribution is 2.32. The lowest BCUT2D eigenvalue weighted by Crippen LogP contribution is -2.31. The number of carbonyl (C=O) groups is 1. The molecule has 1 atom stereocenters. The first-order valence-electron chi connectivity index (χ1n) is 5.05. The maximum Gasteiger partial charge on any atom is 0.322 e. The summed E-state index contributed by atoms with van der Waals surface area (Å²) in [5, 5.41) is 4.25. The average molecular weight is 254 g/mol. The third-order valence-corrected chi connectivity index (χ3v) is 2.55. The number of ether oxygens (including phenoxy) is 1. The van der Waals surface area contributed by atoms with E-state index in [0.717, 1.165) is 16.8 Å². The number of fused-ring (bicyclic) bond motifs is 1. The van der Waals surface area contributed by atoms with Crippen molar-refractivity contribution in [3.63, 3.8) is 0 Å². The number of para-hydroxylation sites is 1. The van der Waals surface area contributed by atoms with Crippen LogP contribution in [0.3, 0.4) is 0 Å². The van der Waals surface area contributed by atoms with Crippen molar-refractivity contribution in [1.29, 1.82) is 0 Å². The van der Waals surface area contributed by atoms with Gasteiger partial charge in [-0.25, -0.2) is 0 Å². The number of nitrogens with two attached hydrogens (primary N) is 1. The second-order valence-corrected chi connectivity index (χ2v) is 3.63. The summed E-state index contributed by atoms with van der Waals surface area (Å²) in [6.45, 7) is 0. The van der Waals surface area contributed by atoms with E-state index in [0.29, 0.717) is 6.42 Å². The van der Waals surface area contributed by atoms with Gasteiger partial charge >= 0.3 is 5.97 Å². The Morgan fingerprint density at radius 2 is 2.18 bits per heavy atom. The summed E-state index contributed by atoms with van der Waals surface area (Å²) in [6.07, 6.45) is 2.21. The fraction of sp³-hybridized carbons (Fsp3) is 0.250. The number of hydrogen-bond donors (Lipinski definition) is 1. The zero-order valence-corrected chi connectivity index (χ0v) is 10.2. The third-order valence-electron chi connectivity index (χ3n) is 2.55. The van der Waals surface area contributed by atoms with Gasteiger partial charge in [0.1, 0.15) is 6.04 Å². The molecule has 0 amide bonds. The second kappa shape index (κ2) is 5.70. The van der Waals surface area contributed by atoms with E-state index in [1.165, 1.54) is 7.11 Å². The standard InChI is InChI=1S/C12H13N2O2.ClH/c1-16-12(15)10(13)6-8-7-14-11-5-3-2-4-9(8)11;/h2-5,7,10H,6,13H2,1H3;1H. The van der Waals surface area contributed by atoms with Gasteiger partial charge < -0.3 is 10.5 Å². The van der Waals surface area contributed by atoms with E-state index in [-0.39, 0.29) is 12.4 Å². The first-order chi connectivity index (χ1) is 7.72. The average Bonchev–Trinajstić information content (AvgIpc) is 2.72. The lowest BCUT2D eigenvalue weighted by atomic mass is 10.0. The lowest BCUT2D eigenvalue weighted by Gasteiger charge is -2.10. The molecule has 0 saturated carbocycles. The van der Waals surface area contributed by atoms with Gasteiger partial charge in [0.25, 0.3) is 0 Å². The summed E-state index contributed by atoms with van der Waals surface area (Å²) in [5.41, 5.74) is 8.66. The van der Waals surface area contributed by atoms with Gasteiger partial charge in [-0.2, -0.15) is 0 Å². The number of hydrogen-bond acceptors (Lipinski definition) is 3. The fourth-order valence-corrected chi connectivity index (χ4v) is 1.71. The van der Waals surface area contributed by atoms with Crippen LogP contribution in [-0.2, 0) is 9.53 Å². The largest absolute Gasteiger partial charge is 0.468 e. The summed E-state index contributed by atoms with van der Waals surface area (Å²) in [5.74, 6) is -0.398. The van der Waals surface area contributed by atoms with Crippen molar-refractivity contribution in [2.75, 3.05) is 7.11 Å². The van der Waals surface area contributed by atoms with Crippen molar-refractivity contribution in [1.82, 2.24) is 5.32 Å². The van der Waals surface area contributed by atoms with E-state index in [1.807, 2.05) is 24.3 Å². The van der Waals surface area contributed by atoms with Gasteiger partial charge in [-0.05, 0) is 11.6 Å². The topological polar surface area (TPSA) is 66.4 Å². The molecule has 0 aliphatic carbocycles. The number of halogens is 1. The van der Waals surface area contributed by atoms with Crippen LogP contribution in [-0.4, -0.2) is 19.1 Å². The predicted octanol–water partition coefficient (Wildman–Crippen LogP) is 1.59. The van der Waals surface area contributed by atoms with Crippen molar-refractivity contribution in [3.05, 3.63) is 36.0 Å². The van der Waals surface area contributed by atoms with Gasteiger partial charge in [0.2, 0.25) is 0 Å². The summed E-state index contributed by atoms with van der Waals surface area (Å²) < 4.78 is 4.59. The summed E-state index contributed by atoms with van der Waals surface area (Å²) in [4.78, 5) is 11.2. The Labute approximate surface area is 106 Å². The maximum absolute atomic E-state index is 11.2. The molecule has 1 aliphatic rings. The minimum atomic E-state index is -0.627. The normalized spacial score (nSPS) is 13.9. The van der Waals surface area contributed by atoms with E-state index in [2.05, 4.69) is 10.1 Å². The SMILES string of the molecule is COC(=O)C(N)CC1=C[N]c2ccccc21.Cl. The monoisotopic (exact) mass is 253 g/mol. The molecule has 0 fully saturated rings. The zero-order chi connectivity index (χ0) is 11.5. The van der Waals surface area contributed by atoms with Gasteiger partial charge in [-0.3, -0.25) is 10.1 Å². The molecular weight excluding hydrogens is 240 g/mol. The molecule has 5 heteroatoms. The van der Waals surface area contributed by atoms with Crippen LogP contribution < -0.4 is 11.1 Å². The van der Waals surface area contributed by atoms with Gasteiger partial charge in [0.05, 0.1) is 12.8 Å². The number of methoxy groups -OCH3 is 1. The lowest BCUT2D eigenvalue weighted by molar-refractivity contribution is -0.142. The Hall–Kier alpha value is -1.52. The van der Waals surface area contributed by atoms with Gasteiger partial charge in [-0.15, -0.1) is 12.4 Å². The quantitative estimate of drug-likeness (QED) is 0.832. The van der Waals surface area contributed by atoms with E-state index in [1.54, 1.807) is 6.20 Å². The third kappa shape index (κ3) is 2.78. The van der Waals surface area contributed by atoms with Gasteiger partial charge in [0, 0.05) is 18.2 Å². The van der Waals surface area contributed by atoms with Gasteiger partial charge in [0.15, 0.2) is 0 Å². The van der Waals surface area contributed by atoms with Crippen molar-refractivity contribution < 1.29 is 9.53 Å². The second-order valence-electron chi connectivity index (χ2n) is 3.63. The van der Waals surface area contributed by atoms with Crippen molar-refractivity contribution in [2.24, 2.45) is 5.73 Å². The minimum Gasteiger partial charge on any atom is -0.468 e. The maximum atomic E-state index is 11.2. The van der Waals surface area contributed by atoms with E-state index >= 15 is 0 Å². The zero-order valence-electron chi connectivity index (χ0n) is 9.42. The molecule has 1 heterocycles. The van der Waals surface area contributed by atoms with Crippen LogP contribution in [0.25, 0.3) is 5.57 Å². The molecule has 0 aromatic heterocycles. The molecule has 1 unspecified atom stereocenters. The highest BCUT2D eigenvalue weighted by atomic mass is 35.5. The molecule has 0 saturated heterocycles. The molecule has 1 aromatic carbocycles. The Balaban J connectivity index is 0.00000144. The molecule has 2 N–H and O–H groups in total. The number of rotatable bonds is 3. The summed E-state index contributed by atoms with van der Waals surface area (Å²) >= 11 is 0. The van der Waals surface area contributed by atoms with Crippen LogP contribution in [0.5, 0.6) is 0 Å². The Morgan fingerprint density at radius 3 is 2.88 bits per heavy atom. The van der Waals surface area contributed by atoms with Crippen LogP contribution in [0.15, 0.2) is 30.5 Å². The van der Waals surface area contributed by atoms with E-state index in [9.17, 15) is 4.79 Å². The number of benzene rings is 1. The van der Waals surface area contributed by atoms with E-state index < -0.39 is 12.0 Å². The number of carbonyl (C=O) groups excluding carboxylic acids is 1. The summed E-state index contributed by atoms with van der Waals surface area (Å²) in [7, 11) is 1.34. The molecule has 0 bridgehead atoms. The van der Waals surface area contributed by atoms with Crippen LogP contribution in [0.1, 0.15) is 12.0 Å². The molecule has 0 spiro atoms. The molecule has 1 aromatic rings. The number of nitrogens with zero attached hydrogens (tertiary/aromatic N) is 1. The van der Waals surface area contributed by atoms with Crippen LogP contribution in [0.4, 0.5) is 5.69 Å². The Morgan fingerprint density at radius 1 is 1.47 bits per heavy atom. The van der Waals surface area contributed by atoms with Crippen LogP contribution in [0, 0.1) is 0 Å². The smallest absolute Gasteiger partial charge is 0.322 e. The number of esters is 1. The molecule has 1 aliphatic heterocycles. The Kier molecular flexibility index (Phi) is 4.54. The molecule has 2 rings (SSSR count). The fourth-order valence-electron chi connectivity index (χ4n) is 1.71. The minimum absolute atomic E-state index is 0. The molecular formula is C12H14ClN2O2. The molecule has 4 nitrogen and oxygen atoms in total. The highest BCUT2D eigenvalue weighted by molar-refractivity contribution is 5.85. The highest BCUT2D eigenvalue weighted by Gasteiger charge is 2.21. The first kappa shape index (κ1) is 13.5. The van der Waals surface area contributed by atoms with Crippen molar-refractivity contribution >= 4 is 29.6 Å². The molecule has 17 heavy (non-hydrogen) atoms. The first-order valence-corrected chi connectivity index (χ1v) is 5.05. The Bertz CT molecular complexity index is 446. The van der Waals surface area contributed by atoms with Crippen LogP contribution in [0.2, 0.25) is 0 Å². The van der Waals surface area contributed by atoms with Gasteiger partial charge in [-0.1, -0.05) is 18.2 Å². The van der Waals surface area contributed by atoms with Crippen molar-refractivity contribution in [2.45, 2.75) is 12.5 Å². The van der Waals surface area contributed by atoms with Crippen molar-refractivity contribution in [3.8, 4) is 0 Å². The van der Waals surface area contributed by atoms with E-state index in [4.69, 9.17) is 5.73 Å². The molecule has 91 valence electrons. The summed E-state index contributed by atoms with van der Waals surface area (Å²) in [6, 6.07) is 7.15. The molecule has 1 radical (unpaired) electrons. The van der Waals surface area contributed by atoms with Crippen LogP contribution >= 0.6 is 12.4 Å².